The van der Waals surface area contributed by atoms with Crippen LogP contribution in [0.15, 0.2) is 18.2 Å². The molecule has 0 aromatic heterocycles. The Kier molecular flexibility index (Phi) is 5.34. The molecular formula is C16H24FNO. The number of halogens is 1. The zero-order valence-corrected chi connectivity index (χ0v) is 11.7. The summed E-state index contributed by atoms with van der Waals surface area (Å²) in [4.78, 5) is 0. The van der Waals surface area contributed by atoms with Crippen LogP contribution in [0.2, 0.25) is 0 Å². The summed E-state index contributed by atoms with van der Waals surface area (Å²) >= 11 is 0. The summed E-state index contributed by atoms with van der Waals surface area (Å²) in [5.74, 6) is 0.585. The van der Waals surface area contributed by atoms with Crippen molar-refractivity contribution in [2.45, 2.75) is 58.3 Å². The molecule has 2 N–H and O–H groups in total. The number of rotatable bonds is 5. The number of nitrogens with two attached hydrogens (primary N) is 1. The van der Waals surface area contributed by atoms with E-state index in [9.17, 15) is 4.39 Å². The average Bonchev–Trinajstić information content (AvgIpc) is 2.46. The van der Waals surface area contributed by atoms with Crippen molar-refractivity contribution in [3.8, 4) is 0 Å². The molecule has 2 nitrogen and oxygen atoms in total. The van der Waals surface area contributed by atoms with E-state index < -0.39 is 0 Å². The fourth-order valence-corrected chi connectivity index (χ4v) is 2.85. The Morgan fingerprint density at radius 2 is 2.21 bits per heavy atom. The molecule has 106 valence electrons. The third-order valence-electron chi connectivity index (χ3n) is 4.13. The third kappa shape index (κ3) is 4.02. The molecule has 0 bridgehead atoms. The molecule has 0 aliphatic heterocycles. The topological polar surface area (TPSA) is 35.2 Å². The maximum Gasteiger partial charge on any atom is 0.127 e. The van der Waals surface area contributed by atoms with Crippen LogP contribution in [0.3, 0.4) is 0 Å². The fraction of sp³-hybridized carbons (Fsp3) is 0.625. The van der Waals surface area contributed by atoms with Crippen LogP contribution in [0.5, 0.6) is 0 Å². The minimum atomic E-state index is -0.227. The van der Waals surface area contributed by atoms with Gasteiger partial charge in [0.05, 0.1) is 12.7 Å². The first kappa shape index (κ1) is 14.5. The van der Waals surface area contributed by atoms with E-state index in [0.29, 0.717) is 18.3 Å². The molecule has 1 saturated carbocycles. The monoisotopic (exact) mass is 265 g/mol. The van der Waals surface area contributed by atoms with Crippen LogP contribution in [0.1, 0.15) is 50.2 Å². The summed E-state index contributed by atoms with van der Waals surface area (Å²) in [6.45, 7) is 3.05. The van der Waals surface area contributed by atoms with Crippen molar-refractivity contribution in [2.24, 2.45) is 11.7 Å². The second-order valence-electron chi connectivity index (χ2n) is 5.50. The van der Waals surface area contributed by atoms with Gasteiger partial charge >= 0.3 is 0 Å². The van der Waals surface area contributed by atoms with Gasteiger partial charge in [-0.1, -0.05) is 32.3 Å². The van der Waals surface area contributed by atoms with Gasteiger partial charge in [0, 0.05) is 12.1 Å². The molecule has 1 aromatic rings. The van der Waals surface area contributed by atoms with E-state index in [-0.39, 0.29) is 12.4 Å². The van der Waals surface area contributed by atoms with Crippen LogP contribution >= 0.6 is 0 Å². The number of hydrogen-bond donors (Lipinski definition) is 1. The fourth-order valence-electron chi connectivity index (χ4n) is 2.85. The van der Waals surface area contributed by atoms with Crippen LogP contribution in [-0.4, -0.2) is 6.10 Å². The Morgan fingerprint density at radius 1 is 1.37 bits per heavy atom. The van der Waals surface area contributed by atoms with Crippen LogP contribution in [0.4, 0.5) is 4.39 Å². The smallest absolute Gasteiger partial charge is 0.127 e. The first-order chi connectivity index (χ1) is 9.22. The lowest BCUT2D eigenvalue weighted by molar-refractivity contribution is 0.00173. The minimum absolute atomic E-state index is 0.227. The summed E-state index contributed by atoms with van der Waals surface area (Å²) < 4.78 is 19.3. The second-order valence-corrected chi connectivity index (χ2v) is 5.50. The third-order valence-corrected chi connectivity index (χ3v) is 4.13. The van der Waals surface area contributed by atoms with Gasteiger partial charge in [0.15, 0.2) is 0 Å². The van der Waals surface area contributed by atoms with E-state index in [2.05, 4.69) is 6.92 Å². The minimum Gasteiger partial charge on any atom is -0.374 e. The molecule has 0 saturated heterocycles. The van der Waals surface area contributed by atoms with Crippen molar-refractivity contribution < 1.29 is 9.13 Å². The van der Waals surface area contributed by atoms with Gasteiger partial charge in [0.2, 0.25) is 0 Å². The Bertz CT molecular complexity index is 408. The summed E-state index contributed by atoms with van der Waals surface area (Å²) in [6, 6.07) is 5.08. The van der Waals surface area contributed by atoms with Crippen molar-refractivity contribution in [1.82, 2.24) is 0 Å². The highest BCUT2D eigenvalue weighted by Crippen LogP contribution is 2.29. The van der Waals surface area contributed by atoms with Gasteiger partial charge in [-0.15, -0.1) is 0 Å². The van der Waals surface area contributed by atoms with Crippen LogP contribution in [0, 0.1) is 11.7 Å². The Hall–Kier alpha value is -0.930. The summed E-state index contributed by atoms with van der Waals surface area (Å²) in [5.41, 5.74) is 7.09. The lowest BCUT2D eigenvalue weighted by Crippen LogP contribution is -2.22. The molecule has 0 spiro atoms. The first-order valence-electron chi connectivity index (χ1n) is 7.32. The molecule has 1 fully saturated rings. The molecule has 1 aliphatic carbocycles. The predicted octanol–water partition coefficient (Wildman–Crippen LogP) is 3.77. The zero-order chi connectivity index (χ0) is 13.7. The van der Waals surface area contributed by atoms with Gasteiger partial charge in [-0.25, -0.2) is 4.39 Å². The number of ether oxygens (including phenoxy) is 1. The number of benzene rings is 1. The second kappa shape index (κ2) is 7.01. The predicted molar refractivity (Wildman–Crippen MR) is 75.1 cm³/mol. The van der Waals surface area contributed by atoms with Crippen molar-refractivity contribution in [3.63, 3.8) is 0 Å². The highest BCUT2D eigenvalue weighted by atomic mass is 19.1. The molecule has 2 atom stereocenters. The summed E-state index contributed by atoms with van der Waals surface area (Å²) in [5, 5.41) is 0. The molecule has 0 radical (unpaired) electrons. The van der Waals surface area contributed by atoms with Gasteiger partial charge in [0.25, 0.3) is 0 Å². The first-order valence-corrected chi connectivity index (χ1v) is 7.32. The summed E-state index contributed by atoms with van der Waals surface area (Å²) in [7, 11) is 0. The van der Waals surface area contributed by atoms with E-state index in [1.807, 2.05) is 6.07 Å². The average molecular weight is 265 g/mol. The van der Waals surface area contributed by atoms with Crippen LogP contribution in [0.25, 0.3) is 0 Å². The molecule has 2 unspecified atom stereocenters. The molecule has 2 rings (SSSR count). The van der Waals surface area contributed by atoms with Crippen LogP contribution in [-0.2, 0) is 17.9 Å². The number of hydrogen-bond acceptors (Lipinski definition) is 2. The van der Waals surface area contributed by atoms with Crippen LogP contribution < -0.4 is 5.73 Å². The molecule has 0 amide bonds. The highest BCUT2D eigenvalue weighted by molar-refractivity contribution is 5.24. The van der Waals surface area contributed by atoms with E-state index in [4.69, 9.17) is 10.5 Å². The Morgan fingerprint density at radius 3 is 2.95 bits per heavy atom. The standard InChI is InChI=1S/C16H24FNO/c1-2-12-4-3-5-15(9-12)19-11-13-6-7-16(17)14(8-13)10-18/h6-8,12,15H,2-5,9-11,18H2,1H3. The van der Waals surface area contributed by atoms with Crippen molar-refractivity contribution in [2.75, 3.05) is 0 Å². The molecular weight excluding hydrogens is 241 g/mol. The zero-order valence-electron chi connectivity index (χ0n) is 11.7. The molecule has 3 heteroatoms. The molecule has 1 aliphatic rings. The lowest BCUT2D eigenvalue weighted by atomic mass is 9.85. The van der Waals surface area contributed by atoms with E-state index in [1.54, 1.807) is 6.07 Å². The quantitative estimate of drug-likeness (QED) is 0.879. The van der Waals surface area contributed by atoms with Crippen molar-refractivity contribution in [1.29, 1.82) is 0 Å². The Balaban J connectivity index is 1.88. The van der Waals surface area contributed by atoms with Gasteiger partial charge in [0.1, 0.15) is 5.82 Å². The maximum atomic E-state index is 13.3. The van der Waals surface area contributed by atoms with Gasteiger partial charge < -0.3 is 10.5 Å². The van der Waals surface area contributed by atoms with Gasteiger partial charge in [-0.05, 0) is 36.5 Å². The molecule has 0 heterocycles. The highest BCUT2D eigenvalue weighted by Gasteiger charge is 2.21. The lowest BCUT2D eigenvalue weighted by Gasteiger charge is -2.28. The van der Waals surface area contributed by atoms with Crippen molar-refractivity contribution >= 4 is 0 Å². The van der Waals surface area contributed by atoms with Crippen molar-refractivity contribution in [3.05, 3.63) is 35.1 Å². The normalized spacial score (nSPS) is 23.5. The molecule has 1 aromatic carbocycles. The van der Waals surface area contributed by atoms with E-state index >= 15 is 0 Å². The van der Waals surface area contributed by atoms with E-state index in [1.165, 1.54) is 31.7 Å². The largest absolute Gasteiger partial charge is 0.374 e. The summed E-state index contributed by atoms with van der Waals surface area (Å²) in [6.07, 6.45) is 6.53. The van der Waals surface area contributed by atoms with Gasteiger partial charge in [-0.2, -0.15) is 0 Å². The van der Waals surface area contributed by atoms with E-state index in [0.717, 1.165) is 17.9 Å². The van der Waals surface area contributed by atoms with Gasteiger partial charge in [-0.3, -0.25) is 0 Å². The molecule has 19 heavy (non-hydrogen) atoms. The maximum absolute atomic E-state index is 13.3. The SMILES string of the molecule is CCC1CCCC(OCc2ccc(F)c(CN)c2)C1. The Labute approximate surface area is 115 Å².